The van der Waals surface area contributed by atoms with Gasteiger partial charge in [-0.05, 0) is 187 Å². The molecule has 30 nitrogen and oxygen atoms in total. The van der Waals surface area contributed by atoms with E-state index in [-0.39, 0.29) is 154 Å². The van der Waals surface area contributed by atoms with Crippen LogP contribution in [0.4, 0.5) is 0 Å². The fourth-order valence-corrected chi connectivity index (χ4v) is 18.0. The van der Waals surface area contributed by atoms with Crippen molar-refractivity contribution in [3.05, 3.63) is 287 Å². The molecule has 9 aromatic carbocycles. The maximum atomic E-state index is 13.4. The average Bonchev–Trinajstić information content (AvgIpc) is 0.793. The van der Waals surface area contributed by atoms with Crippen LogP contribution in [0.1, 0.15) is 211 Å². The third-order valence-electron chi connectivity index (χ3n) is 25.6. The first-order valence-corrected chi connectivity index (χ1v) is 48.8. The molecule has 0 bridgehead atoms. The molecule has 12 rings (SSSR count). The third-order valence-corrected chi connectivity index (χ3v) is 25.6. The number of benzene rings is 9. The van der Waals surface area contributed by atoms with Gasteiger partial charge >= 0.3 is 53.4 Å². The number of ether oxygens (including phenoxy) is 11. The molecule has 31 heteroatoms. The Bertz CT molecular complexity index is 5160. The summed E-state index contributed by atoms with van der Waals surface area (Å²) in [6.45, 7) is 2.16. The summed E-state index contributed by atoms with van der Waals surface area (Å²) in [5.41, 5.74) is 10.8. The number of methoxy groups -OCH3 is 8. The number of aliphatic hydroxyl groups excluding tert-OH is 3. The summed E-state index contributed by atoms with van der Waals surface area (Å²) in [6.07, 6.45) is 10.1. The van der Waals surface area contributed by atoms with Crippen LogP contribution in [0.15, 0.2) is 237 Å². The number of aliphatic hydroxyl groups is 3. The van der Waals surface area contributed by atoms with E-state index in [2.05, 4.69) is 21.6 Å². The van der Waals surface area contributed by atoms with E-state index in [0.717, 1.165) is 143 Å². The van der Waals surface area contributed by atoms with Crippen LogP contribution in [-0.4, -0.2) is 240 Å². The quantitative estimate of drug-likeness (QED) is 0.00892. The number of β-amino-alcohol motifs (C(OH)–C–C–N with tert-alkyl or cyclic N) is 3. The van der Waals surface area contributed by atoms with Crippen LogP contribution in [0, 0.1) is 0 Å². The second-order valence-corrected chi connectivity index (χ2v) is 35.2. The maximum absolute atomic E-state index is 13.4. The zero-order chi connectivity index (χ0) is 104. The Morgan fingerprint density at radius 1 is 0.292 bits per heavy atom. The van der Waals surface area contributed by atoms with Crippen LogP contribution in [0.3, 0.4) is 0 Å². The number of likely N-dealkylation sites (tertiary alicyclic amines) is 3. The monoisotopic (exact) mass is 1990 g/mol. The molecule has 0 radical (unpaired) electrons. The number of nitrogens with zero attached hydrogens (tertiary/aromatic N) is 3. The van der Waals surface area contributed by atoms with Gasteiger partial charge < -0.3 is 103 Å². The Morgan fingerprint density at radius 2 is 0.500 bits per heavy atom. The van der Waals surface area contributed by atoms with E-state index in [0.29, 0.717) is 83.7 Å². The number of unbranched alkanes of at least 4 members (excludes halogenated alkanes) is 8. The summed E-state index contributed by atoms with van der Waals surface area (Å²) < 4.78 is 62.4. The number of amides is 3. The summed E-state index contributed by atoms with van der Waals surface area (Å²) in [7, 11) is 13.1. The van der Waals surface area contributed by atoms with Gasteiger partial charge in [-0.25, -0.2) is 0 Å². The Labute approximate surface area is 868 Å². The Balaban J connectivity index is 0.000000278. The molecule has 3 amide bonds. The van der Waals surface area contributed by atoms with Gasteiger partial charge in [0.2, 0.25) is 17.7 Å². The Morgan fingerprint density at radius 3 is 0.722 bits per heavy atom. The van der Waals surface area contributed by atoms with Crippen LogP contribution in [0.5, 0.6) is 34.5 Å². The minimum atomic E-state index is -1.02. The fraction of sp³-hybridized carbons (Fsp3) is 0.442. The van der Waals surface area contributed by atoms with Crippen LogP contribution in [-0.2, 0) is 83.6 Å². The number of ketones is 2. The normalized spacial score (nSPS) is 15.7. The molecule has 7 N–H and O–H groups in total. The third kappa shape index (κ3) is 35.5. The fourth-order valence-electron chi connectivity index (χ4n) is 18.0. The van der Waals surface area contributed by atoms with E-state index in [9.17, 15) is 58.5 Å². The largest absolute Gasteiger partial charge is 1.00 e. The van der Waals surface area contributed by atoms with Crippen molar-refractivity contribution in [2.45, 2.75) is 214 Å². The average molecular weight is 2000 g/mol. The second-order valence-electron chi connectivity index (χ2n) is 35.2. The predicted octanol–water partition coefficient (Wildman–Crippen LogP) is 12.1. The number of esters is 2. The smallest absolute Gasteiger partial charge is 0.857 e. The molecule has 3 heterocycles. The van der Waals surface area contributed by atoms with Crippen molar-refractivity contribution in [3.8, 4) is 34.5 Å². The summed E-state index contributed by atoms with van der Waals surface area (Å²) in [6, 6.07) is 76.1. The number of carboxylic acid groups (broad SMARTS) is 2. The van der Waals surface area contributed by atoms with Gasteiger partial charge in [-0.1, -0.05) is 196 Å². The molecule has 3 aliphatic heterocycles. The van der Waals surface area contributed by atoms with Gasteiger partial charge in [0.25, 0.3) is 0 Å². The number of Topliss-reactive ketones (excluding diaryl/α,β-unsaturated/α-hetero) is 2. The molecule has 6 atom stereocenters. The topological polar surface area (TPSA) is 415 Å². The van der Waals surface area contributed by atoms with Gasteiger partial charge in [0.05, 0.1) is 139 Å². The molecule has 3 saturated heterocycles. The molecular formula is C113H143N4NaO26. The SMILES string of the molecule is COC(=O)CCC(=O)CCCCCCC(=O)N1C[C@H](O)C[C@H]1COC(c1ccccc1)(c1ccc(OC)cc1)c1ccc(OC)cc1.COC(=O)CCC(=O)O.COc1ccc(C(OC[C@@H]2C[C@@H](O)CN2C(=O)CCCCCCC(=O)CCC(=O)O)(c2ccccc2)c2ccc(OC)cc2)cc1.COc1ccc(C(OC[C@@H]2C[C@@H](O)CN2C(=O)CCCCCN)(c2ccccc2)c2ccc(OC)cc2)cc1.C[O-].[Na+]. The summed E-state index contributed by atoms with van der Waals surface area (Å²) in [5.74, 6) is 1.62. The molecule has 0 spiro atoms. The standard InChI is InChI=1S/C38H47NO8.C37H45NO8.C32H40N2O5.C5H8O4.CH3O.Na/c1-44-34-20-15-29(16-21-34)38(28-11-7-6-8-12-28,30-17-22-35(45-2)23-18-30)47-27-31-25-33(41)26-39(31)36(42)14-10-5-4-9-13-32(40)19-24-37(43)46-3;1-44-33-19-14-28(15-20-33)37(27-10-6-5-7-11-27,29-16-21-34(45-2)22-17-29)46-26-30-24-32(40)25-38(30)35(41)13-9-4-3-8-12-31(39)18-23-36(42)43;1-37-29-16-12-25(13-17-29)32(24-9-5-3-6-10-24,26-14-18-30(38-2)19-15-26)39-23-27-21-28(35)22-34(27)31(36)11-7-4-8-20-33;1-9-5(8)3-2-4(6)7;1-2;/h6-8,11-12,15-18,20-23,31,33,41H,4-5,9-10,13-14,19,24-27H2,1-3H3;5-7,10-11,14-17,19-22,30,32,40H,3-4,8-9,12-13,18,23-26H2,1-2H3,(H,42,43);3,5-6,9-10,12-19,27-28,35H,4,7-8,11,20-23,33H2,1-2H3;2-3H2,1H3,(H,6,7);1H3;/q;;;;-1;+1/t31-,33+;30-,32+;27-,28+;;;/m000.../s1. The maximum Gasteiger partial charge on any atom is 1.00 e. The van der Waals surface area contributed by atoms with E-state index in [1.807, 2.05) is 224 Å². The number of carbonyl (C=O) groups excluding carboxylic acids is 7. The predicted molar refractivity (Wildman–Crippen MR) is 539 cm³/mol. The molecule has 0 aliphatic carbocycles. The minimum Gasteiger partial charge on any atom is -0.857 e. The number of hydrogen-bond acceptors (Lipinski definition) is 25. The summed E-state index contributed by atoms with van der Waals surface area (Å²) in [5, 5.41) is 56.9. The van der Waals surface area contributed by atoms with Gasteiger partial charge in [0.15, 0.2) is 0 Å². The molecule has 3 fully saturated rings. The van der Waals surface area contributed by atoms with Gasteiger partial charge in [-0.2, -0.15) is 7.11 Å². The molecule has 0 unspecified atom stereocenters. The van der Waals surface area contributed by atoms with E-state index < -0.39 is 53.0 Å². The van der Waals surface area contributed by atoms with E-state index >= 15 is 0 Å². The van der Waals surface area contributed by atoms with Gasteiger partial charge in [-0.3, -0.25) is 43.2 Å². The molecule has 3 aliphatic rings. The molecule has 144 heavy (non-hydrogen) atoms. The molecular weight excluding hydrogens is 1850 g/mol. The van der Waals surface area contributed by atoms with Crippen LogP contribution in [0.2, 0.25) is 0 Å². The number of aliphatic carboxylic acids is 2. The number of carboxylic acids is 2. The van der Waals surface area contributed by atoms with Gasteiger partial charge in [0, 0.05) is 64.6 Å². The van der Waals surface area contributed by atoms with Crippen molar-refractivity contribution in [3.63, 3.8) is 0 Å². The van der Waals surface area contributed by atoms with Crippen molar-refractivity contribution in [1.29, 1.82) is 0 Å². The van der Waals surface area contributed by atoms with Crippen LogP contribution in [0.25, 0.3) is 0 Å². The van der Waals surface area contributed by atoms with E-state index in [1.165, 1.54) is 14.2 Å². The Hall–Kier alpha value is -11.9. The number of hydrogen-bond donors (Lipinski definition) is 6. The van der Waals surface area contributed by atoms with Crippen LogP contribution < -0.4 is 68.8 Å². The second kappa shape index (κ2) is 63.4. The first-order valence-electron chi connectivity index (χ1n) is 48.8. The van der Waals surface area contributed by atoms with E-state index in [1.54, 1.807) is 57.4 Å². The number of carbonyl (C=O) groups is 9. The summed E-state index contributed by atoms with van der Waals surface area (Å²) in [4.78, 5) is 111. The van der Waals surface area contributed by atoms with Crippen molar-refractivity contribution >= 4 is 53.2 Å². The molecule has 772 valence electrons. The van der Waals surface area contributed by atoms with Crippen molar-refractivity contribution in [1.82, 2.24) is 14.7 Å². The Kier molecular flexibility index (Phi) is 52.4. The van der Waals surface area contributed by atoms with Gasteiger partial charge in [-0.15, -0.1) is 0 Å². The molecule has 9 aromatic rings. The number of nitrogens with two attached hydrogens (primary N) is 1. The zero-order valence-electron chi connectivity index (χ0n) is 84.8. The van der Waals surface area contributed by atoms with Crippen molar-refractivity contribution in [2.75, 3.05) is 110 Å². The summed E-state index contributed by atoms with van der Waals surface area (Å²) >= 11 is 0. The van der Waals surface area contributed by atoms with E-state index in [4.69, 9.17) is 63.7 Å². The molecule has 0 aromatic heterocycles. The zero-order valence-corrected chi connectivity index (χ0v) is 86.8. The number of rotatable bonds is 52. The first kappa shape index (κ1) is 119. The first-order chi connectivity index (χ1) is 69.2. The minimum absolute atomic E-state index is 0. The van der Waals surface area contributed by atoms with Gasteiger partial charge in [0.1, 0.15) is 62.9 Å². The van der Waals surface area contributed by atoms with Crippen molar-refractivity contribution in [2.24, 2.45) is 5.73 Å². The van der Waals surface area contributed by atoms with Crippen molar-refractivity contribution < 1.29 is 155 Å². The molecule has 0 saturated carbocycles. The van der Waals surface area contributed by atoms with Crippen LogP contribution >= 0.6 is 0 Å².